The second-order valence-electron chi connectivity index (χ2n) is 4.60. The summed E-state index contributed by atoms with van der Waals surface area (Å²) in [6, 6.07) is 6.92. The van der Waals surface area contributed by atoms with Crippen molar-refractivity contribution in [3.63, 3.8) is 0 Å². The molecule has 0 atom stereocenters. The molecule has 0 spiro atoms. The number of benzene rings is 1. The van der Waals surface area contributed by atoms with Crippen molar-refractivity contribution in [2.45, 2.75) is 5.03 Å². The predicted molar refractivity (Wildman–Crippen MR) is 93.0 cm³/mol. The van der Waals surface area contributed by atoms with Crippen LogP contribution in [0.4, 0.5) is 11.4 Å². The van der Waals surface area contributed by atoms with E-state index in [-0.39, 0.29) is 22.0 Å². The van der Waals surface area contributed by atoms with E-state index in [0.717, 1.165) is 6.07 Å². The Morgan fingerprint density at radius 1 is 1.40 bits per heavy atom. The van der Waals surface area contributed by atoms with Gasteiger partial charge in [-0.2, -0.15) is 0 Å². The summed E-state index contributed by atoms with van der Waals surface area (Å²) >= 11 is 6.97. The summed E-state index contributed by atoms with van der Waals surface area (Å²) < 4.78 is 4.93. The van der Waals surface area contributed by atoms with E-state index in [1.807, 2.05) is 0 Å². The summed E-state index contributed by atoms with van der Waals surface area (Å²) in [5.74, 6) is -1.42. The van der Waals surface area contributed by atoms with Crippen LogP contribution in [0.3, 0.4) is 0 Å². The van der Waals surface area contributed by atoms with Crippen LogP contribution in [0.5, 0.6) is 0 Å². The predicted octanol–water partition coefficient (Wildman–Crippen LogP) is 3.16. The Bertz CT molecular complexity index is 831. The average molecular weight is 382 g/mol. The second kappa shape index (κ2) is 8.45. The number of nitro groups is 1. The summed E-state index contributed by atoms with van der Waals surface area (Å²) in [5.41, 5.74) is -0.161. The Hall–Kier alpha value is -2.65. The molecule has 0 aliphatic carbocycles. The number of amides is 1. The van der Waals surface area contributed by atoms with E-state index in [1.165, 1.54) is 36.2 Å². The largest absolute Gasteiger partial charge is 0.452 e. The molecule has 130 valence electrons. The minimum atomic E-state index is -0.714. The molecule has 0 aliphatic rings. The van der Waals surface area contributed by atoms with Gasteiger partial charge in [0, 0.05) is 17.3 Å². The first-order chi connectivity index (χ1) is 11.9. The van der Waals surface area contributed by atoms with Crippen LogP contribution in [0.25, 0.3) is 0 Å². The molecule has 1 aromatic heterocycles. The van der Waals surface area contributed by atoms with E-state index < -0.39 is 23.4 Å². The van der Waals surface area contributed by atoms with E-state index in [4.69, 9.17) is 16.3 Å². The van der Waals surface area contributed by atoms with Crippen LogP contribution in [-0.2, 0) is 9.53 Å². The molecule has 1 heterocycles. The van der Waals surface area contributed by atoms with Crippen molar-refractivity contribution in [3.05, 3.63) is 57.2 Å². The third-order valence-electron chi connectivity index (χ3n) is 2.95. The van der Waals surface area contributed by atoms with Crippen LogP contribution in [0.1, 0.15) is 10.4 Å². The van der Waals surface area contributed by atoms with Gasteiger partial charge in [0.2, 0.25) is 0 Å². The Morgan fingerprint density at radius 3 is 2.84 bits per heavy atom. The van der Waals surface area contributed by atoms with Crippen molar-refractivity contribution in [1.82, 2.24) is 4.98 Å². The molecule has 0 radical (unpaired) electrons. The maximum Gasteiger partial charge on any atom is 0.341 e. The summed E-state index contributed by atoms with van der Waals surface area (Å²) in [6.07, 6.45) is 3.29. The van der Waals surface area contributed by atoms with Gasteiger partial charge in [0.15, 0.2) is 6.61 Å². The van der Waals surface area contributed by atoms with Gasteiger partial charge in [0.1, 0.15) is 10.7 Å². The molecule has 25 heavy (non-hydrogen) atoms. The Morgan fingerprint density at radius 2 is 2.16 bits per heavy atom. The number of halogens is 1. The van der Waals surface area contributed by atoms with Crippen molar-refractivity contribution in [2.24, 2.45) is 0 Å². The Balaban J connectivity index is 2.02. The summed E-state index contributed by atoms with van der Waals surface area (Å²) in [7, 11) is 0. The number of nitro benzene ring substituents is 1. The molecule has 0 saturated carbocycles. The number of nitrogens with zero attached hydrogens (tertiary/aromatic N) is 2. The van der Waals surface area contributed by atoms with Gasteiger partial charge in [-0.25, -0.2) is 9.78 Å². The number of esters is 1. The number of hydrogen-bond acceptors (Lipinski definition) is 7. The number of carbonyl (C=O) groups is 2. The zero-order chi connectivity index (χ0) is 18.4. The lowest BCUT2D eigenvalue weighted by Gasteiger charge is -2.08. The number of pyridine rings is 1. The van der Waals surface area contributed by atoms with E-state index in [1.54, 1.807) is 12.3 Å². The van der Waals surface area contributed by atoms with Crippen molar-refractivity contribution < 1.29 is 19.2 Å². The van der Waals surface area contributed by atoms with Gasteiger partial charge >= 0.3 is 5.97 Å². The number of ether oxygens (including phenoxy) is 1. The number of anilines is 1. The number of aromatic nitrogens is 1. The van der Waals surface area contributed by atoms with Gasteiger partial charge in [-0.05, 0) is 30.5 Å². The molecular weight excluding hydrogens is 370 g/mol. The lowest BCUT2D eigenvalue weighted by molar-refractivity contribution is -0.383. The van der Waals surface area contributed by atoms with Crippen LogP contribution in [0, 0.1) is 10.1 Å². The Labute approximate surface area is 151 Å². The lowest BCUT2D eigenvalue weighted by atomic mass is 10.2. The molecule has 0 unspecified atom stereocenters. The number of nitrogens with one attached hydrogen (secondary N) is 1. The average Bonchev–Trinajstić information content (AvgIpc) is 2.61. The molecule has 10 heteroatoms. The molecule has 0 bridgehead atoms. The highest BCUT2D eigenvalue weighted by Crippen LogP contribution is 2.27. The highest BCUT2D eigenvalue weighted by atomic mass is 35.5. The molecule has 0 aliphatic heterocycles. The van der Waals surface area contributed by atoms with Gasteiger partial charge in [-0.15, -0.1) is 11.8 Å². The molecule has 8 nitrogen and oxygen atoms in total. The van der Waals surface area contributed by atoms with Crippen molar-refractivity contribution >= 4 is 46.6 Å². The number of rotatable bonds is 6. The minimum Gasteiger partial charge on any atom is -0.452 e. The van der Waals surface area contributed by atoms with E-state index in [2.05, 4.69) is 10.3 Å². The first-order valence-electron chi connectivity index (χ1n) is 6.82. The summed E-state index contributed by atoms with van der Waals surface area (Å²) in [5, 5.41) is 13.9. The van der Waals surface area contributed by atoms with Crippen molar-refractivity contribution in [2.75, 3.05) is 18.2 Å². The molecule has 2 rings (SSSR count). The van der Waals surface area contributed by atoms with Crippen molar-refractivity contribution in [3.8, 4) is 0 Å². The second-order valence-corrected chi connectivity index (χ2v) is 5.83. The molecule has 0 fully saturated rings. The van der Waals surface area contributed by atoms with Gasteiger partial charge in [-0.3, -0.25) is 14.9 Å². The molecule has 1 N–H and O–H groups in total. The first kappa shape index (κ1) is 18.7. The zero-order valence-corrected chi connectivity index (χ0v) is 14.5. The molecule has 1 amide bonds. The molecule has 2 aromatic rings. The van der Waals surface area contributed by atoms with Gasteiger partial charge < -0.3 is 10.1 Å². The standard InChI is InChI=1S/C15H12ClN3O5S/c1-25-14-10(3-2-6-17-14)15(21)24-8-13(20)18-11-5-4-9(16)7-12(11)19(22)23/h2-7H,8H2,1H3,(H,18,20). The SMILES string of the molecule is CSc1ncccc1C(=O)OCC(=O)Nc1ccc(Cl)cc1[N+](=O)[O-]. The fourth-order valence-corrected chi connectivity index (χ4v) is 2.57. The molecule has 0 saturated heterocycles. The fraction of sp³-hybridized carbons (Fsp3) is 0.133. The van der Waals surface area contributed by atoms with Crippen LogP contribution in [-0.4, -0.2) is 34.6 Å². The van der Waals surface area contributed by atoms with E-state index in [0.29, 0.717) is 5.03 Å². The van der Waals surface area contributed by atoms with E-state index >= 15 is 0 Å². The third-order valence-corrected chi connectivity index (χ3v) is 3.90. The van der Waals surface area contributed by atoms with Gasteiger partial charge in [0.25, 0.3) is 11.6 Å². The highest BCUT2D eigenvalue weighted by molar-refractivity contribution is 7.98. The fourth-order valence-electron chi connectivity index (χ4n) is 1.87. The first-order valence-corrected chi connectivity index (χ1v) is 8.42. The maximum absolute atomic E-state index is 12.0. The topological polar surface area (TPSA) is 111 Å². The smallest absolute Gasteiger partial charge is 0.341 e. The summed E-state index contributed by atoms with van der Waals surface area (Å²) in [6.45, 7) is -0.596. The molecule has 1 aromatic carbocycles. The van der Waals surface area contributed by atoms with Gasteiger partial charge in [0.05, 0.1) is 10.5 Å². The number of thioether (sulfide) groups is 1. The maximum atomic E-state index is 12.0. The van der Waals surface area contributed by atoms with Gasteiger partial charge in [-0.1, -0.05) is 11.6 Å². The third kappa shape index (κ3) is 4.91. The summed E-state index contributed by atoms with van der Waals surface area (Å²) in [4.78, 5) is 38.2. The lowest BCUT2D eigenvalue weighted by Crippen LogP contribution is -2.21. The number of hydrogen-bond donors (Lipinski definition) is 1. The monoisotopic (exact) mass is 381 g/mol. The van der Waals surface area contributed by atoms with Crippen LogP contribution in [0.15, 0.2) is 41.6 Å². The Kier molecular flexibility index (Phi) is 6.31. The number of carbonyl (C=O) groups excluding carboxylic acids is 2. The zero-order valence-electron chi connectivity index (χ0n) is 12.9. The minimum absolute atomic E-state index is 0.0402. The van der Waals surface area contributed by atoms with Crippen LogP contribution >= 0.6 is 23.4 Å². The highest BCUT2D eigenvalue weighted by Gasteiger charge is 2.18. The van der Waals surface area contributed by atoms with Crippen molar-refractivity contribution in [1.29, 1.82) is 0 Å². The van der Waals surface area contributed by atoms with Crippen LogP contribution in [0.2, 0.25) is 5.02 Å². The molecular formula is C15H12ClN3O5S. The normalized spacial score (nSPS) is 10.2. The van der Waals surface area contributed by atoms with Crippen LogP contribution < -0.4 is 5.32 Å². The van der Waals surface area contributed by atoms with E-state index in [9.17, 15) is 19.7 Å². The quantitative estimate of drug-likeness (QED) is 0.354.